The third-order valence-electron chi connectivity index (χ3n) is 3.17. The van der Waals surface area contributed by atoms with E-state index in [0.29, 0.717) is 5.39 Å². The van der Waals surface area contributed by atoms with Crippen molar-refractivity contribution in [2.75, 3.05) is 0 Å². The summed E-state index contributed by atoms with van der Waals surface area (Å²) in [6.07, 6.45) is 0. The number of phenols is 2. The molecular weight excluding hydrogens is 280 g/mol. The molecule has 0 saturated heterocycles. The van der Waals surface area contributed by atoms with Crippen molar-refractivity contribution in [3.05, 3.63) is 42.5 Å². The second kappa shape index (κ2) is 4.09. The highest BCUT2D eigenvalue weighted by atomic mass is 32.2. The lowest BCUT2D eigenvalue weighted by molar-refractivity contribution is 0.391. The van der Waals surface area contributed by atoms with E-state index in [1.165, 1.54) is 6.07 Å². The molecule has 0 aromatic heterocycles. The lowest BCUT2D eigenvalue weighted by Crippen LogP contribution is -2.00. The normalized spacial score (nSPS) is 12.1. The standard InChI is InChI=1S/C14H10O5S/c15-12-7-10-5-8-3-1-2-4-9(8)6-11(10)14(13(12)16)20(17,18)19/h1-7,15-16H,(H,17,18,19). The first-order valence-corrected chi connectivity index (χ1v) is 7.17. The Kier molecular flexibility index (Phi) is 2.60. The first-order chi connectivity index (χ1) is 9.38. The van der Waals surface area contributed by atoms with Crippen LogP contribution in [0.1, 0.15) is 0 Å². The minimum atomic E-state index is -4.66. The molecule has 0 atom stereocenters. The van der Waals surface area contributed by atoms with Gasteiger partial charge in [-0.15, -0.1) is 0 Å². The zero-order valence-electron chi connectivity index (χ0n) is 10.1. The molecule has 3 rings (SSSR count). The van der Waals surface area contributed by atoms with Crippen LogP contribution in [0.4, 0.5) is 0 Å². The molecule has 0 heterocycles. The number of hydrogen-bond donors (Lipinski definition) is 3. The third kappa shape index (κ3) is 1.86. The Morgan fingerprint density at radius 2 is 1.45 bits per heavy atom. The van der Waals surface area contributed by atoms with E-state index < -0.39 is 26.5 Å². The topological polar surface area (TPSA) is 94.8 Å². The first-order valence-electron chi connectivity index (χ1n) is 5.73. The van der Waals surface area contributed by atoms with Crippen molar-refractivity contribution >= 4 is 31.7 Å². The van der Waals surface area contributed by atoms with Crippen molar-refractivity contribution in [3.8, 4) is 11.5 Å². The fourth-order valence-corrected chi connectivity index (χ4v) is 3.10. The predicted molar refractivity (Wildman–Crippen MR) is 74.6 cm³/mol. The summed E-state index contributed by atoms with van der Waals surface area (Å²) in [5, 5.41) is 21.5. The molecule has 0 radical (unpaired) electrons. The summed E-state index contributed by atoms with van der Waals surface area (Å²) in [6.45, 7) is 0. The summed E-state index contributed by atoms with van der Waals surface area (Å²) in [5.74, 6) is -1.45. The third-order valence-corrected chi connectivity index (χ3v) is 4.10. The molecule has 0 amide bonds. The summed E-state index contributed by atoms with van der Waals surface area (Å²) in [5.41, 5.74) is 0. The van der Waals surface area contributed by atoms with Crippen LogP contribution in [0, 0.1) is 0 Å². The maximum Gasteiger partial charge on any atom is 0.298 e. The fourth-order valence-electron chi connectivity index (χ4n) is 2.29. The molecule has 3 aromatic rings. The Hall–Kier alpha value is -2.31. The van der Waals surface area contributed by atoms with Gasteiger partial charge in [0.25, 0.3) is 10.1 Å². The van der Waals surface area contributed by atoms with Gasteiger partial charge in [0.05, 0.1) is 0 Å². The number of hydrogen-bond acceptors (Lipinski definition) is 4. The molecule has 0 aliphatic heterocycles. The van der Waals surface area contributed by atoms with Gasteiger partial charge >= 0.3 is 0 Å². The van der Waals surface area contributed by atoms with Crippen LogP contribution >= 0.6 is 0 Å². The molecule has 0 aliphatic rings. The van der Waals surface area contributed by atoms with Crippen molar-refractivity contribution in [1.82, 2.24) is 0 Å². The smallest absolute Gasteiger partial charge is 0.298 e. The highest BCUT2D eigenvalue weighted by molar-refractivity contribution is 7.86. The maximum absolute atomic E-state index is 11.4. The van der Waals surface area contributed by atoms with Crippen LogP contribution in [0.5, 0.6) is 11.5 Å². The Morgan fingerprint density at radius 1 is 0.850 bits per heavy atom. The number of aromatic hydroxyl groups is 2. The van der Waals surface area contributed by atoms with Crippen molar-refractivity contribution in [3.63, 3.8) is 0 Å². The van der Waals surface area contributed by atoms with E-state index in [-0.39, 0.29) is 5.39 Å². The molecule has 0 bridgehead atoms. The van der Waals surface area contributed by atoms with Gasteiger partial charge in [-0.25, -0.2) is 0 Å². The lowest BCUT2D eigenvalue weighted by Gasteiger charge is -2.09. The van der Waals surface area contributed by atoms with Crippen LogP contribution in [0.25, 0.3) is 21.5 Å². The van der Waals surface area contributed by atoms with Gasteiger partial charge in [0, 0.05) is 5.39 Å². The summed E-state index contributed by atoms with van der Waals surface area (Å²) < 4.78 is 32.1. The summed E-state index contributed by atoms with van der Waals surface area (Å²) in [6, 6.07) is 11.7. The van der Waals surface area contributed by atoms with Gasteiger partial charge in [-0.3, -0.25) is 4.55 Å². The molecule has 5 nitrogen and oxygen atoms in total. The molecule has 0 unspecified atom stereocenters. The highest BCUT2D eigenvalue weighted by Crippen LogP contribution is 2.40. The minimum absolute atomic E-state index is 0.154. The van der Waals surface area contributed by atoms with E-state index in [1.807, 2.05) is 12.1 Å². The molecule has 20 heavy (non-hydrogen) atoms. The Labute approximate surface area is 114 Å². The Morgan fingerprint density at radius 3 is 2.05 bits per heavy atom. The average molecular weight is 290 g/mol. The van der Waals surface area contributed by atoms with Crippen molar-refractivity contribution in [2.45, 2.75) is 4.90 Å². The van der Waals surface area contributed by atoms with E-state index in [4.69, 9.17) is 0 Å². The van der Waals surface area contributed by atoms with Crippen LogP contribution in [-0.4, -0.2) is 23.2 Å². The van der Waals surface area contributed by atoms with E-state index in [0.717, 1.165) is 10.8 Å². The number of phenolic OH excluding ortho intramolecular Hbond substituents is 2. The lowest BCUT2D eigenvalue weighted by atomic mass is 10.0. The van der Waals surface area contributed by atoms with E-state index >= 15 is 0 Å². The molecular formula is C14H10O5S. The van der Waals surface area contributed by atoms with E-state index in [9.17, 15) is 23.2 Å². The van der Waals surface area contributed by atoms with Crippen LogP contribution < -0.4 is 0 Å². The zero-order chi connectivity index (χ0) is 14.5. The molecule has 3 N–H and O–H groups in total. The second-order valence-electron chi connectivity index (χ2n) is 4.47. The Balaban J connectivity index is 2.59. The largest absolute Gasteiger partial charge is 0.504 e. The SMILES string of the molecule is O=S(=O)(O)c1c(O)c(O)cc2cc3ccccc3cc12. The fraction of sp³-hybridized carbons (Fsp3) is 0. The molecule has 0 fully saturated rings. The first kappa shape index (κ1) is 12.7. The second-order valence-corrected chi connectivity index (χ2v) is 5.83. The minimum Gasteiger partial charge on any atom is -0.504 e. The van der Waals surface area contributed by atoms with Gasteiger partial charge in [-0.2, -0.15) is 8.42 Å². The maximum atomic E-state index is 11.4. The van der Waals surface area contributed by atoms with Gasteiger partial charge < -0.3 is 10.2 Å². The molecule has 102 valence electrons. The van der Waals surface area contributed by atoms with Gasteiger partial charge in [-0.1, -0.05) is 24.3 Å². The van der Waals surface area contributed by atoms with E-state index in [1.54, 1.807) is 24.3 Å². The van der Waals surface area contributed by atoms with Gasteiger partial charge in [0.1, 0.15) is 4.90 Å². The number of benzene rings is 3. The molecule has 6 heteroatoms. The monoisotopic (exact) mass is 290 g/mol. The van der Waals surface area contributed by atoms with Crippen molar-refractivity contribution in [1.29, 1.82) is 0 Å². The van der Waals surface area contributed by atoms with Crippen LogP contribution in [0.15, 0.2) is 47.4 Å². The van der Waals surface area contributed by atoms with Crippen LogP contribution in [-0.2, 0) is 10.1 Å². The number of fused-ring (bicyclic) bond motifs is 2. The average Bonchev–Trinajstić information content (AvgIpc) is 2.36. The molecule has 0 aliphatic carbocycles. The van der Waals surface area contributed by atoms with E-state index in [2.05, 4.69) is 0 Å². The zero-order valence-corrected chi connectivity index (χ0v) is 10.9. The summed E-state index contributed by atoms with van der Waals surface area (Å²) in [7, 11) is -4.66. The van der Waals surface area contributed by atoms with Crippen LogP contribution in [0.3, 0.4) is 0 Å². The van der Waals surface area contributed by atoms with Gasteiger partial charge in [0.2, 0.25) is 0 Å². The molecule has 3 aromatic carbocycles. The molecule has 0 saturated carbocycles. The van der Waals surface area contributed by atoms with Crippen LogP contribution in [0.2, 0.25) is 0 Å². The van der Waals surface area contributed by atoms with Crippen molar-refractivity contribution in [2.24, 2.45) is 0 Å². The predicted octanol–water partition coefficient (Wildman–Crippen LogP) is 2.65. The highest BCUT2D eigenvalue weighted by Gasteiger charge is 2.23. The quantitative estimate of drug-likeness (QED) is 0.364. The molecule has 0 spiro atoms. The van der Waals surface area contributed by atoms with Gasteiger partial charge in [0.15, 0.2) is 11.5 Å². The van der Waals surface area contributed by atoms with Gasteiger partial charge in [-0.05, 0) is 34.4 Å². The number of rotatable bonds is 1. The summed E-state index contributed by atoms with van der Waals surface area (Å²) >= 11 is 0. The van der Waals surface area contributed by atoms with Crippen molar-refractivity contribution < 1.29 is 23.2 Å². The Bertz CT molecular complexity index is 945. The summed E-state index contributed by atoms with van der Waals surface area (Å²) in [4.78, 5) is -0.682.